The van der Waals surface area contributed by atoms with Crippen molar-refractivity contribution in [1.29, 1.82) is 0 Å². The van der Waals surface area contributed by atoms with E-state index in [4.69, 9.17) is 15.9 Å². The van der Waals surface area contributed by atoms with E-state index in [0.717, 1.165) is 22.9 Å². The second-order valence-corrected chi connectivity index (χ2v) is 5.90. The van der Waals surface area contributed by atoms with Crippen LogP contribution in [-0.4, -0.2) is 45.5 Å². The molecular weight excluding hydrogens is 334 g/mol. The van der Waals surface area contributed by atoms with Gasteiger partial charge in [-0.3, -0.25) is 0 Å². The number of aromatic amines is 1. The van der Waals surface area contributed by atoms with Crippen molar-refractivity contribution in [2.24, 2.45) is 5.73 Å². The van der Waals surface area contributed by atoms with Crippen LogP contribution in [0.4, 0.5) is 0 Å². The summed E-state index contributed by atoms with van der Waals surface area (Å²) >= 11 is 0. The summed E-state index contributed by atoms with van der Waals surface area (Å²) in [4.78, 5) is 3.13. The molecule has 0 amide bonds. The van der Waals surface area contributed by atoms with Crippen LogP contribution in [-0.2, 0) is 6.42 Å². The fourth-order valence-corrected chi connectivity index (χ4v) is 2.59. The van der Waals surface area contributed by atoms with Crippen molar-refractivity contribution < 1.29 is 20.4 Å². The molecular formula is C19H25N3O4. The maximum atomic E-state index is 9.48. The van der Waals surface area contributed by atoms with E-state index < -0.39 is 6.10 Å². The number of aliphatic hydroxyl groups excluding tert-OH is 1. The van der Waals surface area contributed by atoms with Gasteiger partial charge in [0.15, 0.2) is 11.5 Å². The number of rotatable bonds is 5. The number of nitrogens with two attached hydrogens (primary N) is 1. The summed E-state index contributed by atoms with van der Waals surface area (Å²) < 4.78 is 0. The van der Waals surface area contributed by atoms with E-state index in [1.807, 2.05) is 12.3 Å². The summed E-state index contributed by atoms with van der Waals surface area (Å²) in [6.45, 7) is 1.03. The van der Waals surface area contributed by atoms with Gasteiger partial charge in [-0.05, 0) is 61.5 Å². The normalized spacial score (nSPS) is 11.8. The molecule has 0 aliphatic rings. The van der Waals surface area contributed by atoms with Gasteiger partial charge in [-0.2, -0.15) is 0 Å². The van der Waals surface area contributed by atoms with Crippen LogP contribution in [0.2, 0.25) is 0 Å². The van der Waals surface area contributed by atoms with Crippen molar-refractivity contribution in [3.05, 3.63) is 53.7 Å². The second-order valence-electron chi connectivity index (χ2n) is 5.90. The molecule has 1 heterocycles. The van der Waals surface area contributed by atoms with E-state index in [1.54, 1.807) is 25.2 Å². The van der Waals surface area contributed by atoms with Crippen molar-refractivity contribution in [2.45, 2.75) is 12.5 Å². The lowest BCUT2D eigenvalue weighted by Gasteiger charge is -2.10. The van der Waals surface area contributed by atoms with Crippen LogP contribution in [0, 0.1) is 0 Å². The molecule has 3 aromatic rings. The molecule has 1 atom stereocenters. The van der Waals surface area contributed by atoms with Crippen LogP contribution in [0.15, 0.2) is 42.6 Å². The standard InChI is InChI=1S/C10H12N2O.C9H13NO3/c11-4-3-7-6-12-10-2-1-8(13)5-9(7)10;1-10-5-9(13)6-2-3-7(11)8(12)4-6/h1-2,5-6,12-13H,3-4,11H2;2-4,9-13H,5H2,1H3/t;9-/m.0/s1. The Balaban J connectivity index is 0.000000187. The number of phenols is 3. The molecule has 0 fully saturated rings. The average molecular weight is 359 g/mol. The molecule has 1 aromatic heterocycles. The third-order valence-electron chi connectivity index (χ3n) is 3.95. The lowest BCUT2D eigenvalue weighted by Crippen LogP contribution is -2.16. The molecule has 2 aromatic carbocycles. The fraction of sp³-hybridized carbons (Fsp3) is 0.263. The minimum atomic E-state index is -0.670. The molecule has 140 valence electrons. The molecule has 0 aliphatic heterocycles. The zero-order chi connectivity index (χ0) is 19.1. The molecule has 0 bridgehead atoms. The molecule has 0 radical (unpaired) electrons. The first-order chi connectivity index (χ1) is 12.5. The molecule has 26 heavy (non-hydrogen) atoms. The predicted molar refractivity (Wildman–Crippen MR) is 101 cm³/mol. The molecule has 7 heteroatoms. The number of benzene rings is 2. The number of hydrogen-bond acceptors (Lipinski definition) is 6. The Kier molecular flexibility index (Phi) is 6.85. The largest absolute Gasteiger partial charge is 0.508 e. The van der Waals surface area contributed by atoms with Gasteiger partial charge in [0.25, 0.3) is 0 Å². The third-order valence-corrected chi connectivity index (χ3v) is 3.95. The Bertz CT molecular complexity index is 848. The summed E-state index contributed by atoms with van der Waals surface area (Å²) in [6.07, 6.45) is 2.11. The molecule has 8 N–H and O–H groups in total. The van der Waals surface area contributed by atoms with Gasteiger partial charge in [0, 0.05) is 23.6 Å². The first-order valence-corrected chi connectivity index (χ1v) is 8.29. The topological polar surface area (TPSA) is 135 Å². The van der Waals surface area contributed by atoms with Gasteiger partial charge < -0.3 is 36.5 Å². The highest BCUT2D eigenvalue weighted by Gasteiger charge is 2.08. The third kappa shape index (κ3) is 4.89. The molecule has 0 saturated heterocycles. The number of H-pyrrole nitrogens is 1. The van der Waals surface area contributed by atoms with Gasteiger partial charge in [-0.1, -0.05) is 6.07 Å². The van der Waals surface area contributed by atoms with E-state index in [1.165, 1.54) is 12.1 Å². The maximum Gasteiger partial charge on any atom is 0.157 e. The molecule has 3 rings (SSSR count). The van der Waals surface area contributed by atoms with E-state index in [9.17, 15) is 10.2 Å². The number of aliphatic hydroxyl groups is 1. The number of hydrogen-bond donors (Lipinski definition) is 7. The summed E-state index contributed by atoms with van der Waals surface area (Å²) in [5, 5.41) is 40.8. The Labute approximate surface area is 151 Å². The zero-order valence-corrected chi connectivity index (χ0v) is 14.6. The highest BCUT2D eigenvalue weighted by Crippen LogP contribution is 2.27. The molecule has 7 nitrogen and oxygen atoms in total. The number of fused-ring (bicyclic) bond motifs is 1. The van der Waals surface area contributed by atoms with Gasteiger partial charge in [-0.15, -0.1) is 0 Å². The highest BCUT2D eigenvalue weighted by molar-refractivity contribution is 5.84. The van der Waals surface area contributed by atoms with Gasteiger partial charge in [0.2, 0.25) is 0 Å². The summed E-state index contributed by atoms with van der Waals surface area (Å²) in [5.74, 6) is -0.0987. The molecule has 0 aliphatic carbocycles. The van der Waals surface area contributed by atoms with Crippen LogP contribution < -0.4 is 11.1 Å². The van der Waals surface area contributed by atoms with Crippen LogP contribution in [0.25, 0.3) is 10.9 Å². The van der Waals surface area contributed by atoms with E-state index in [-0.39, 0.29) is 11.5 Å². The van der Waals surface area contributed by atoms with Gasteiger partial charge >= 0.3 is 0 Å². The quantitative estimate of drug-likeness (QED) is 0.347. The number of aromatic nitrogens is 1. The Morgan fingerprint density at radius 2 is 1.85 bits per heavy atom. The molecule has 0 spiro atoms. The van der Waals surface area contributed by atoms with Crippen LogP contribution in [0.5, 0.6) is 17.2 Å². The minimum Gasteiger partial charge on any atom is -0.508 e. The molecule has 0 unspecified atom stereocenters. The molecule has 0 saturated carbocycles. The number of nitrogens with one attached hydrogen (secondary N) is 2. The first kappa shape index (κ1) is 19.6. The van der Waals surface area contributed by atoms with Crippen molar-refractivity contribution in [1.82, 2.24) is 10.3 Å². The maximum absolute atomic E-state index is 9.48. The van der Waals surface area contributed by atoms with Crippen molar-refractivity contribution in [2.75, 3.05) is 20.1 Å². The number of aromatic hydroxyl groups is 3. The number of phenolic OH excluding ortho intramolecular Hbond substituents is 3. The van der Waals surface area contributed by atoms with Crippen LogP contribution >= 0.6 is 0 Å². The lowest BCUT2D eigenvalue weighted by atomic mass is 10.1. The zero-order valence-electron chi connectivity index (χ0n) is 14.6. The first-order valence-electron chi connectivity index (χ1n) is 8.29. The van der Waals surface area contributed by atoms with E-state index in [0.29, 0.717) is 24.4 Å². The summed E-state index contributed by atoms with van der Waals surface area (Å²) in [6, 6.07) is 9.56. The fourth-order valence-electron chi connectivity index (χ4n) is 2.59. The Morgan fingerprint density at radius 1 is 1.08 bits per heavy atom. The number of likely N-dealkylation sites (N-methyl/N-ethyl adjacent to an activating group) is 1. The Morgan fingerprint density at radius 3 is 2.50 bits per heavy atom. The second kappa shape index (κ2) is 9.10. The van der Waals surface area contributed by atoms with Gasteiger partial charge in [-0.25, -0.2) is 0 Å². The SMILES string of the molecule is CNC[C@H](O)c1ccc(O)c(O)c1.NCCc1c[nH]c2ccc(O)cc12. The predicted octanol–water partition coefficient (Wildman–Crippen LogP) is 1.73. The van der Waals surface area contributed by atoms with Crippen molar-refractivity contribution in [3.8, 4) is 17.2 Å². The Hall–Kier alpha value is -2.74. The van der Waals surface area contributed by atoms with Crippen molar-refractivity contribution in [3.63, 3.8) is 0 Å². The van der Waals surface area contributed by atoms with E-state index in [2.05, 4.69) is 10.3 Å². The van der Waals surface area contributed by atoms with Crippen LogP contribution in [0.1, 0.15) is 17.2 Å². The van der Waals surface area contributed by atoms with E-state index >= 15 is 0 Å². The summed E-state index contributed by atoms with van der Waals surface area (Å²) in [7, 11) is 1.73. The van der Waals surface area contributed by atoms with Gasteiger partial charge in [0.05, 0.1) is 6.10 Å². The van der Waals surface area contributed by atoms with Gasteiger partial charge in [0.1, 0.15) is 5.75 Å². The highest BCUT2D eigenvalue weighted by atomic mass is 16.3. The van der Waals surface area contributed by atoms with Crippen molar-refractivity contribution >= 4 is 10.9 Å². The minimum absolute atomic E-state index is 0.180. The average Bonchev–Trinajstić information content (AvgIpc) is 3.01. The monoisotopic (exact) mass is 359 g/mol. The summed E-state index contributed by atoms with van der Waals surface area (Å²) in [5.41, 5.74) is 8.25. The van der Waals surface area contributed by atoms with Crippen LogP contribution in [0.3, 0.4) is 0 Å². The smallest absolute Gasteiger partial charge is 0.157 e. The lowest BCUT2D eigenvalue weighted by molar-refractivity contribution is 0.177.